The van der Waals surface area contributed by atoms with Gasteiger partial charge in [0.2, 0.25) is 5.91 Å². The maximum atomic E-state index is 11.8. The lowest BCUT2D eigenvalue weighted by Crippen LogP contribution is -2.29. The maximum Gasteiger partial charge on any atom is 0.220 e. The largest absolute Gasteiger partial charge is 0.393 e. The summed E-state index contributed by atoms with van der Waals surface area (Å²) in [5.74, 6) is 1.50. The van der Waals surface area contributed by atoms with Gasteiger partial charge in [0, 0.05) is 13.0 Å². The van der Waals surface area contributed by atoms with Gasteiger partial charge in [-0.3, -0.25) is 4.79 Å². The number of nitrogens with one attached hydrogen (secondary N) is 1. The van der Waals surface area contributed by atoms with Gasteiger partial charge in [-0.25, -0.2) is 0 Å². The Labute approximate surface area is 110 Å². The fraction of sp³-hybridized carbons (Fsp3) is 0.933. The molecule has 0 saturated heterocycles. The third-order valence-electron chi connectivity index (χ3n) is 4.61. The quantitative estimate of drug-likeness (QED) is 0.791. The van der Waals surface area contributed by atoms with Crippen LogP contribution in [0.3, 0.4) is 0 Å². The molecule has 18 heavy (non-hydrogen) atoms. The van der Waals surface area contributed by atoms with E-state index in [1.165, 1.54) is 32.1 Å². The predicted octanol–water partition coefficient (Wildman–Crippen LogP) is 2.62. The first kappa shape index (κ1) is 13.9. The number of aliphatic hydroxyl groups excluding tert-OH is 1. The zero-order valence-electron chi connectivity index (χ0n) is 11.4. The van der Waals surface area contributed by atoms with Gasteiger partial charge < -0.3 is 10.4 Å². The van der Waals surface area contributed by atoms with Crippen LogP contribution in [0.25, 0.3) is 0 Å². The Morgan fingerprint density at radius 2 is 1.83 bits per heavy atom. The molecule has 0 aliphatic heterocycles. The smallest absolute Gasteiger partial charge is 0.220 e. The zero-order chi connectivity index (χ0) is 12.8. The molecule has 2 aliphatic carbocycles. The van der Waals surface area contributed by atoms with Gasteiger partial charge >= 0.3 is 0 Å². The SMILES string of the molecule is O=C(CCC1CCCCC1)NCC1CCC(O)C1. The van der Waals surface area contributed by atoms with Gasteiger partial charge in [0.15, 0.2) is 0 Å². The molecule has 2 saturated carbocycles. The average Bonchev–Trinajstić information content (AvgIpc) is 2.81. The summed E-state index contributed by atoms with van der Waals surface area (Å²) in [7, 11) is 0. The van der Waals surface area contributed by atoms with Crippen molar-refractivity contribution in [3.63, 3.8) is 0 Å². The van der Waals surface area contributed by atoms with Crippen LogP contribution in [0.15, 0.2) is 0 Å². The van der Waals surface area contributed by atoms with Crippen molar-refractivity contribution in [3.8, 4) is 0 Å². The standard InChI is InChI=1S/C15H27NO2/c17-14-8-6-13(10-14)11-16-15(18)9-7-12-4-2-1-3-5-12/h12-14,17H,1-11H2,(H,16,18). The Kier molecular flexibility index (Phi) is 5.48. The molecule has 2 fully saturated rings. The van der Waals surface area contributed by atoms with E-state index in [0.29, 0.717) is 12.3 Å². The van der Waals surface area contributed by atoms with Crippen molar-refractivity contribution >= 4 is 5.91 Å². The van der Waals surface area contributed by atoms with E-state index in [9.17, 15) is 9.90 Å². The second kappa shape index (κ2) is 7.13. The molecule has 2 aliphatic rings. The molecule has 0 aromatic carbocycles. The first-order chi connectivity index (χ1) is 8.74. The van der Waals surface area contributed by atoms with Crippen LogP contribution < -0.4 is 5.32 Å². The van der Waals surface area contributed by atoms with Crippen molar-refractivity contribution in [2.75, 3.05) is 6.54 Å². The highest BCUT2D eigenvalue weighted by Crippen LogP contribution is 2.27. The molecule has 0 radical (unpaired) electrons. The lowest BCUT2D eigenvalue weighted by atomic mass is 9.86. The Bertz CT molecular complexity index is 250. The van der Waals surface area contributed by atoms with Crippen LogP contribution in [-0.4, -0.2) is 23.7 Å². The summed E-state index contributed by atoms with van der Waals surface area (Å²) >= 11 is 0. The Morgan fingerprint density at radius 1 is 1.06 bits per heavy atom. The lowest BCUT2D eigenvalue weighted by molar-refractivity contribution is -0.121. The summed E-state index contributed by atoms with van der Waals surface area (Å²) in [6.07, 6.45) is 11.2. The van der Waals surface area contributed by atoms with Crippen LogP contribution >= 0.6 is 0 Å². The predicted molar refractivity (Wildman–Crippen MR) is 72.2 cm³/mol. The summed E-state index contributed by atoms with van der Waals surface area (Å²) in [4.78, 5) is 11.8. The van der Waals surface area contributed by atoms with Crippen LogP contribution in [-0.2, 0) is 4.79 Å². The van der Waals surface area contributed by atoms with Crippen molar-refractivity contribution in [3.05, 3.63) is 0 Å². The average molecular weight is 253 g/mol. The van der Waals surface area contributed by atoms with E-state index in [0.717, 1.165) is 38.1 Å². The van der Waals surface area contributed by atoms with Gasteiger partial charge in [0.1, 0.15) is 0 Å². The Morgan fingerprint density at radius 3 is 2.50 bits per heavy atom. The molecule has 0 spiro atoms. The molecule has 2 unspecified atom stereocenters. The highest BCUT2D eigenvalue weighted by atomic mass is 16.3. The third kappa shape index (κ3) is 4.60. The molecule has 3 heteroatoms. The van der Waals surface area contributed by atoms with Crippen molar-refractivity contribution in [1.82, 2.24) is 5.32 Å². The number of amides is 1. The number of carbonyl (C=O) groups is 1. The summed E-state index contributed by atoms with van der Waals surface area (Å²) in [6.45, 7) is 0.764. The molecule has 0 bridgehead atoms. The summed E-state index contributed by atoms with van der Waals surface area (Å²) in [5.41, 5.74) is 0. The second-order valence-electron chi connectivity index (χ2n) is 6.18. The minimum atomic E-state index is -0.130. The molecule has 104 valence electrons. The summed E-state index contributed by atoms with van der Waals surface area (Å²) in [6, 6.07) is 0. The minimum Gasteiger partial charge on any atom is -0.393 e. The molecule has 2 rings (SSSR count). The van der Waals surface area contributed by atoms with Crippen molar-refractivity contribution in [1.29, 1.82) is 0 Å². The minimum absolute atomic E-state index is 0.130. The van der Waals surface area contributed by atoms with Crippen LogP contribution in [0, 0.1) is 11.8 Å². The monoisotopic (exact) mass is 253 g/mol. The van der Waals surface area contributed by atoms with E-state index in [-0.39, 0.29) is 12.0 Å². The van der Waals surface area contributed by atoms with Crippen LogP contribution in [0.4, 0.5) is 0 Å². The van der Waals surface area contributed by atoms with Gasteiger partial charge in [-0.2, -0.15) is 0 Å². The number of carbonyl (C=O) groups excluding carboxylic acids is 1. The fourth-order valence-electron chi connectivity index (χ4n) is 3.39. The van der Waals surface area contributed by atoms with Gasteiger partial charge in [0.05, 0.1) is 6.10 Å². The fourth-order valence-corrected chi connectivity index (χ4v) is 3.39. The van der Waals surface area contributed by atoms with Gasteiger partial charge in [-0.15, -0.1) is 0 Å². The molecule has 3 nitrogen and oxygen atoms in total. The highest BCUT2D eigenvalue weighted by Gasteiger charge is 2.23. The van der Waals surface area contributed by atoms with E-state index >= 15 is 0 Å². The van der Waals surface area contributed by atoms with Crippen LogP contribution in [0.2, 0.25) is 0 Å². The Balaban J connectivity index is 1.54. The maximum absolute atomic E-state index is 11.8. The molecule has 2 atom stereocenters. The van der Waals surface area contributed by atoms with E-state index < -0.39 is 0 Å². The van der Waals surface area contributed by atoms with Gasteiger partial charge in [-0.1, -0.05) is 32.1 Å². The molecular weight excluding hydrogens is 226 g/mol. The van der Waals surface area contributed by atoms with E-state index in [2.05, 4.69) is 5.32 Å². The molecule has 0 aromatic heterocycles. The zero-order valence-corrected chi connectivity index (χ0v) is 11.4. The molecule has 0 heterocycles. The van der Waals surface area contributed by atoms with Gasteiger partial charge in [0.25, 0.3) is 0 Å². The number of rotatable bonds is 5. The molecule has 0 aromatic rings. The Hall–Kier alpha value is -0.570. The summed E-state index contributed by atoms with van der Waals surface area (Å²) < 4.78 is 0. The van der Waals surface area contributed by atoms with Crippen molar-refractivity contribution < 1.29 is 9.90 Å². The first-order valence-corrected chi connectivity index (χ1v) is 7.69. The van der Waals surface area contributed by atoms with Crippen molar-refractivity contribution in [2.45, 2.75) is 70.3 Å². The molecule has 1 amide bonds. The van der Waals surface area contributed by atoms with E-state index in [1.54, 1.807) is 0 Å². The molecule has 2 N–H and O–H groups in total. The number of aliphatic hydroxyl groups is 1. The van der Waals surface area contributed by atoms with Crippen LogP contribution in [0.5, 0.6) is 0 Å². The van der Waals surface area contributed by atoms with Crippen LogP contribution in [0.1, 0.15) is 64.2 Å². The highest BCUT2D eigenvalue weighted by molar-refractivity contribution is 5.75. The normalized spacial score (nSPS) is 29.4. The number of hydrogen-bond donors (Lipinski definition) is 2. The summed E-state index contributed by atoms with van der Waals surface area (Å²) in [5, 5.41) is 12.5. The first-order valence-electron chi connectivity index (χ1n) is 7.69. The lowest BCUT2D eigenvalue weighted by Gasteiger charge is -2.21. The molecular formula is C15H27NO2. The topological polar surface area (TPSA) is 49.3 Å². The van der Waals surface area contributed by atoms with E-state index in [4.69, 9.17) is 0 Å². The second-order valence-corrected chi connectivity index (χ2v) is 6.18. The van der Waals surface area contributed by atoms with Gasteiger partial charge in [-0.05, 0) is 37.5 Å². The number of hydrogen-bond acceptors (Lipinski definition) is 2. The van der Waals surface area contributed by atoms with Crippen molar-refractivity contribution in [2.24, 2.45) is 11.8 Å². The third-order valence-corrected chi connectivity index (χ3v) is 4.61. The van der Waals surface area contributed by atoms with E-state index in [1.807, 2.05) is 0 Å².